The molecule has 0 bridgehead atoms. The molecule has 10 nitrogen and oxygen atoms in total. The normalized spacial score (nSPS) is 24.8. The molecule has 3 N–H and O–H groups in total. The van der Waals surface area contributed by atoms with Crippen LogP contribution in [0.15, 0.2) is 12.4 Å². The highest BCUT2D eigenvalue weighted by Gasteiger charge is 2.61. The molecule has 214 valence electrons. The molecule has 3 aliphatic carbocycles. The van der Waals surface area contributed by atoms with Gasteiger partial charge in [0, 0.05) is 36.5 Å². The second-order valence-corrected chi connectivity index (χ2v) is 11.5. The van der Waals surface area contributed by atoms with E-state index in [9.17, 15) is 31.5 Å². The minimum Gasteiger partial charge on any atom is -0.349 e. The van der Waals surface area contributed by atoms with Crippen LogP contribution in [0.25, 0.3) is 0 Å². The number of amides is 2. The SMILES string of the molecule is Cn1nc(C(F)F)cc1Nc1nncn1[C@H]1CCc2sc(NC(=O)C3CC3(F)F)c(C(=O)NC3CC(F)C3)c2C1. The van der Waals surface area contributed by atoms with Crippen LogP contribution in [-0.2, 0) is 24.7 Å². The van der Waals surface area contributed by atoms with Gasteiger partial charge in [-0.3, -0.25) is 18.8 Å². The van der Waals surface area contributed by atoms with Crippen molar-refractivity contribution in [1.29, 1.82) is 0 Å². The number of carbonyl (C=O) groups excluding carboxylic acids is 2. The van der Waals surface area contributed by atoms with Gasteiger partial charge in [0.05, 0.1) is 5.56 Å². The molecule has 3 aliphatic rings. The number of hydrogen-bond donors (Lipinski definition) is 3. The quantitative estimate of drug-likeness (QED) is 0.340. The number of hydrogen-bond acceptors (Lipinski definition) is 7. The third-order valence-corrected chi connectivity index (χ3v) is 8.79. The van der Waals surface area contributed by atoms with E-state index >= 15 is 0 Å². The molecule has 2 amide bonds. The van der Waals surface area contributed by atoms with Crippen molar-refractivity contribution in [1.82, 2.24) is 29.9 Å². The maximum absolute atomic E-state index is 13.5. The number of anilines is 3. The summed E-state index contributed by atoms with van der Waals surface area (Å²) >= 11 is 1.18. The van der Waals surface area contributed by atoms with Gasteiger partial charge in [0.25, 0.3) is 18.3 Å². The first kappa shape index (κ1) is 26.7. The Morgan fingerprint density at radius 3 is 2.65 bits per heavy atom. The van der Waals surface area contributed by atoms with Crippen LogP contribution in [0, 0.1) is 5.92 Å². The van der Waals surface area contributed by atoms with E-state index in [-0.39, 0.29) is 47.3 Å². The average molecular weight is 585 g/mol. The lowest BCUT2D eigenvalue weighted by Gasteiger charge is -2.31. The summed E-state index contributed by atoms with van der Waals surface area (Å²) in [4.78, 5) is 26.7. The minimum absolute atomic E-state index is 0.188. The van der Waals surface area contributed by atoms with Crippen molar-refractivity contribution in [3.8, 4) is 0 Å². The zero-order chi connectivity index (χ0) is 28.3. The lowest BCUT2D eigenvalue weighted by Crippen LogP contribution is -2.45. The standard InChI is InChI=1S/C24H25F5N8O2S/c1-36-17(7-15(35-36)19(26)27)32-23-34-30-9-37(23)12-2-3-16-13(6-12)18(21(39)31-11-4-10(25)5-11)22(40-16)33-20(38)14-8-24(14,28)29/h7,9-12,14,19H,2-6,8H2,1H3,(H,31,39)(H,32,34)(H,33,38)/t10?,11?,12-,14?/m0/s1. The third-order valence-electron chi connectivity index (χ3n) is 7.59. The van der Waals surface area contributed by atoms with Crippen molar-refractivity contribution in [2.45, 2.75) is 69.1 Å². The van der Waals surface area contributed by atoms with Crippen LogP contribution in [-0.4, -0.2) is 54.5 Å². The predicted molar refractivity (Wildman–Crippen MR) is 134 cm³/mol. The van der Waals surface area contributed by atoms with E-state index in [0.717, 1.165) is 4.88 Å². The Hall–Kier alpha value is -3.56. The maximum atomic E-state index is 13.5. The van der Waals surface area contributed by atoms with Crippen LogP contribution in [0.4, 0.5) is 38.7 Å². The Labute approximate surface area is 228 Å². The summed E-state index contributed by atoms with van der Waals surface area (Å²) in [6, 6.07) is 0.619. The van der Waals surface area contributed by atoms with Crippen molar-refractivity contribution in [3.63, 3.8) is 0 Å². The summed E-state index contributed by atoms with van der Waals surface area (Å²) in [5, 5.41) is 20.3. The lowest BCUT2D eigenvalue weighted by molar-refractivity contribution is -0.119. The molecule has 3 heterocycles. The first-order chi connectivity index (χ1) is 19.0. The first-order valence-corrected chi connectivity index (χ1v) is 13.6. The third kappa shape index (κ3) is 4.92. The zero-order valence-corrected chi connectivity index (χ0v) is 22.0. The number of fused-ring (bicyclic) bond motifs is 1. The van der Waals surface area contributed by atoms with Crippen LogP contribution < -0.4 is 16.0 Å². The molecule has 6 rings (SSSR count). The molecule has 2 atom stereocenters. The molecule has 0 aliphatic heterocycles. The van der Waals surface area contributed by atoms with Gasteiger partial charge >= 0.3 is 0 Å². The van der Waals surface area contributed by atoms with Gasteiger partial charge in [-0.2, -0.15) is 5.10 Å². The molecule has 0 spiro atoms. The fraction of sp³-hybridized carbons (Fsp3) is 0.542. The van der Waals surface area contributed by atoms with Crippen LogP contribution in [0.1, 0.15) is 64.6 Å². The van der Waals surface area contributed by atoms with E-state index in [1.165, 1.54) is 35.5 Å². The molecular weight excluding hydrogens is 559 g/mol. The van der Waals surface area contributed by atoms with Crippen molar-refractivity contribution in [3.05, 3.63) is 34.1 Å². The van der Waals surface area contributed by atoms with Crippen LogP contribution in [0.2, 0.25) is 0 Å². The predicted octanol–water partition coefficient (Wildman–Crippen LogP) is 4.31. The van der Waals surface area contributed by atoms with E-state index in [1.807, 2.05) is 0 Å². The van der Waals surface area contributed by atoms with E-state index in [1.54, 1.807) is 4.57 Å². The van der Waals surface area contributed by atoms with E-state index < -0.39 is 48.4 Å². The summed E-state index contributed by atoms with van der Waals surface area (Å²) in [7, 11) is 1.51. The van der Waals surface area contributed by atoms with Gasteiger partial charge in [0.15, 0.2) is 0 Å². The summed E-state index contributed by atoms with van der Waals surface area (Å²) in [5.74, 6) is -5.26. The van der Waals surface area contributed by atoms with E-state index in [2.05, 4.69) is 31.2 Å². The van der Waals surface area contributed by atoms with Crippen LogP contribution in [0.5, 0.6) is 0 Å². The fourth-order valence-electron chi connectivity index (χ4n) is 5.18. The molecule has 2 fully saturated rings. The Morgan fingerprint density at radius 1 is 1.25 bits per heavy atom. The summed E-state index contributed by atoms with van der Waals surface area (Å²) < 4.78 is 69.6. The van der Waals surface area contributed by atoms with Gasteiger partial charge in [-0.25, -0.2) is 22.0 Å². The summed E-state index contributed by atoms with van der Waals surface area (Å²) in [6.07, 6.45) is -0.935. The molecule has 3 aromatic rings. The van der Waals surface area contributed by atoms with Crippen LogP contribution in [0.3, 0.4) is 0 Å². The molecule has 3 aromatic heterocycles. The number of alkyl halides is 5. The highest BCUT2D eigenvalue weighted by molar-refractivity contribution is 7.17. The maximum Gasteiger partial charge on any atom is 0.282 e. The number of rotatable bonds is 8. The summed E-state index contributed by atoms with van der Waals surface area (Å²) in [6.45, 7) is 0. The molecule has 0 radical (unpaired) electrons. The van der Waals surface area contributed by atoms with Gasteiger partial charge in [0.1, 0.15) is 34.9 Å². The van der Waals surface area contributed by atoms with Gasteiger partial charge < -0.3 is 16.0 Å². The Bertz CT molecular complexity index is 1460. The van der Waals surface area contributed by atoms with Crippen molar-refractivity contribution < 1.29 is 31.5 Å². The van der Waals surface area contributed by atoms with Gasteiger partial charge in [0.2, 0.25) is 11.9 Å². The Balaban J connectivity index is 1.26. The van der Waals surface area contributed by atoms with Crippen molar-refractivity contribution >= 4 is 39.9 Å². The highest BCUT2D eigenvalue weighted by atomic mass is 32.1. The number of nitrogens with zero attached hydrogens (tertiary/aromatic N) is 5. The number of halogens is 5. The number of aromatic nitrogens is 5. The second kappa shape index (κ2) is 9.82. The topological polar surface area (TPSA) is 119 Å². The smallest absolute Gasteiger partial charge is 0.282 e. The molecule has 0 aromatic carbocycles. The zero-order valence-electron chi connectivity index (χ0n) is 21.1. The van der Waals surface area contributed by atoms with Gasteiger partial charge in [-0.05, 0) is 37.7 Å². The molecular formula is C24H25F5N8O2S. The minimum atomic E-state index is -3.06. The number of nitrogens with one attached hydrogen (secondary N) is 3. The Kier molecular flexibility index (Phi) is 6.54. The largest absolute Gasteiger partial charge is 0.349 e. The van der Waals surface area contributed by atoms with Crippen LogP contribution >= 0.6 is 11.3 Å². The summed E-state index contributed by atoms with van der Waals surface area (Å²) in [5.41, 5.74) is 0.462. The lowest BCUT2D eigenvalue weighted by atomic mass is 9.89. The molecule has 40 heavy (non-hydrogen) atoms. The second-order valence-electron chi connectivity index (χ2n) is 10.4. The van der Waals surface area contributed by atoms with Gasteiger partial charge in [-0.1, -0.05) is 0 Å². The Morgan fingerprint density at radius 2 is 2.00 bits per heavy atom. The molecule has 2 saturated carbocycles. The van der Waals surface area contributed by atoms with E-state index in [4.69, 9.17) is 0 Å². The van der Waals surface area contributed by atoms with E-state index in [0.29, 0.717) is 24.8 Å². The number of thiophene rings is 1. The first-order valence-electron chi connectivity index (χ1n) is 12.8. The fourth-order valence-corrected chi connectivity index (χ4v) is 6.42. The number of aryl methyl sites for hydroxylation is 2. The van der Waals surface area contributed by atoms with Gasteiger partial charge in [-0.15, -0.1) is 21.5 Å². The average Bonchev–Trinajstić information content (AvgIpc) is 3.24. The van der Waals surface area contributed by atoms with Crippen molar-refractivity contribution in [2.24, 2.45) is 13.0 Å². The highest BCUT2D eigenvalue weighted by Crippen LogP contribution is 2.50. The number of carbonyl (C=O) groups is 2. The molecule has 16 heteroatoms. The molecule has 1 unspecified atom stereocenters. The monoisotopic (exact) mass is 584 g/mol. The molecule has 0 saturated heterocycles. The van der Waals surface area contributed by atoms with Crippen molar-refractivity contribution in [2.75, 3.05) is 10.6 Å².